The molecule has 3 aromatic rings. The van der Waals surface area contributed by atoms with E-state index in [1.807, 2.05) is 0 Å². The van der Waals surface area contributed by atoms with Crippen LogP contribution in [0.3, 0.4) is 0 Å². The number of aromatic nitrogens is 5. The van der Waals surface area contributed by atoms with Gasteiger partial charge in [-0.3, -0.25) is 9.48 Å². The number of pyridine rings is 1. The first-order valence-corrected chi connectivity index (χ1v) is 13.8. The highest BCUT2D eigenvalue weighted by Gasteiger charge is 2.39. The quantitative estimate of drug-likeness (QED) is 0.472. The predicted molar refractivity (Wildman–Crippen MR) is 139 cm³/mol. The van der Waals surface area contributed by atoms with Crippen LogP contribution in [-0.4, -0.2) is 57.6 Å². The summed E-state index contributed by atoms with van der Waals surface area (Å²) in [5, 5.41) is 8.55. The van der Waals surface area contributed by atoms with Crippen LogP contribution in [0, 0.1) is 18.8 Å². The van der Waals surface area contributed by atoms with Crippen LogP contribution in [0.15, 0.2) is 35.5 Å². The fraction of sp³-hybridized carbons (Fsp3) is 0.520. The van der Waals surface area contributed by atoms with Gasteiger partial charge in [0.1, 0.15) is 10.7 Å². The molecule has 1 atom stereocenters. The van der Waals surface area contributed by atoms with Gasteiger partial charge in [0.05, 0.1) is 17.9 Å². The highest BCUT2D eigenvalue weighted by molar-refractivity contribution is 7.90. The van der Waals surface area contributed by atoms with Crippen molar-refractivity contribution in [3.8, 4) is 11.7 Å². The van der Waals surface area contributed by atoms with Gasteiger partial charge in [0.2, 0.25) is 5.88 Å². The minimum absolute atomic E-state index is 0.0462. The van der Waals surface area contributed by atoms with E-state index in [1.54, 1.807) is 43.0 Å². The molecule has 4 heterocycles. The molecule has 1 fully saturated rings. The third kappa shape index (κ3) is 5.63. The van der Waals surface area contributed by atoms with Gasteiger partial charge in [0, 0.05) is 37.6 Å². The molecular weight excluding hydrogens is 494 g/mol. The van der Waals surface area contributed by atoms with Crippen molar-refractivity contribution in [2.45, 2.75) is 58.4 Å². The second-order valence-corrected chi connectivity index (χ2v) is 12.4. The number of hydrogen-bond acceptors (Lipinski definition) is 8. The molecule has 1 amide bonds. The largest absolute Gasteiger partial charge is 0.476 e. The molecule has 37 heavy (non-hydrogen) atoms. The lowest BCUT2D eigenvalue weighted by atomic mass is 9.97. The number of nitrogens with zero attached hydrogens (tertiary/aromatic N) is 6. The van der Waals surface area contributed by atoms with Gasteiger partial charge in [-0.1, -0.05) is 20.8 Å². The molecule has 11 nitrogen and oxygen atoms in total. The van der Waals surface area contributed by atoms with Crippen molar-refractivity contribution in [2.75, 3.05) is 18.1 Å². The Kier molecular flexibility index (Phi) is 7.06. The zero-order chi connectivity index (χ0) is 27.1. The fourth-order valence-electron chi connectivity index (χ4n) is 4.75. The zero-order valence-electron chi connectivity index (χ0n) is 22.4. The average molecular weight is 530 g/mol. The third-order valence-electron chi connectivity index (χ3n) is 6.28. The molecule has 1 N–H and O–H groups in total. The number of aryl methyl sites for hydroxylation is 2. The van der Waals surface area contributed by atoms with Crippen molar-refractivity contribution >= 4 is 21.7 Å². The van der Waals surface area contributed by atoms with Gasteiger partial charge in [-0.25, -0.2) is 22.8 Å². The summed E-state index contributed by atoms with van der Waals surface area (Å²) in [7, 11) is -2.51. The summed E-state index contributed by atoms with van der Waals surface area (Å²) in [6.45, 7) is 13.2. The number of hydrogen-bond donors (Lipinski definition) is 1. The summed E-state index contributed by atoms with van der Waals surface area (Å²) in [5.41, 5.74) is 0.189. The van der Waals surface area contributed by atoms with Gasteiger partial charge >= 0.3 is 0 Å². The summed E-state index contributed by atoms with van der Waals surface area (Å²) in [4.78, 5) is 20.2. The van der Waals surface area contributed by atoms with E-state index in [4.69, 9.17) is 9.72 Å². The van der Waals surface area contributed by atoms with Crippen molar-refractivity contribution < 1.29 is 17.9 Å². The number of anilines is 1. The molecule has 1 aliphatic heterocycles. The molecule has 1 saturated heterocycles. The normalized spacial score (nSPS) is 17.4. The van der Waals surface area contributed by atoms with Crippen LogP contribution in [0.1, 0.15) is 57.1 Å². The minimum atomic E-state index is -4.13. The van der Waals surface area contributed by atoms with E-state index in [-0.39, 0.29) is 16.0 Å². The maximum Gasteiger partial charge on any atom is 0.268 e. The van der Waals surface area contributed by atoms with E-state index in [0.29, 0.717) is 48.2 Å². The second-order valence-electron chi connectivity index (χ2n) is 10.8. The van der Waals surface area contributed by atoms with Crippen LogP contribution in [0.4, 0.5) is 5.82 Å². The van der Waals surface area contributed by atoms with Crippen LogP contribution >= 0.6 is 0 Å². The van der Waals surface area contributed by atoms with E-state index >= 15 is 0 Å². The zero-order valence-corrected chi connectivity index (χ0v) is 23.2. The third-order valence-corrected chi connectivity index (χ3v) is 7.72. The minimum Gasteiger partial charge on any atom is -0.476 e. The lowest BCUT2D eigenvalue weighted by Crippen LogP contribution is -2.41. The molecule has 0 spiro atoms. The maximum atomic E-state index is 13.4. The first-order valence-electron chi connectivity index (χ1n) is 12.3. The van der Waals surface area contributed by atoms with Gasteiger partial charge in [-0.05, 0) is 51.2 Å². The Hall–Kier alpha value is -3.41. The number of ether oxygens (including phenoxy) is 1. The number of amides is 1. The Balaban J connectivity index is 1.72. The standard InChI is InChI=1S/C25H35N7O4S/c1-16(2)15-36-22-10-11-32(28-22)21-9-8-19(23(26-21)31-13-17(3)12-25(31,5)6)24(33)29-37(34,35)20-14-30(7)27-18(20)4/h8-11,14,16-17H,12-13,15H2,1-7H3,(H,29,33). The maximum absolute atomic E-state index is 13.4. The van der Waals surface area contributed by atoms with Gasteiger partial charge in [-0.15, -0.1) is 5.10 Å². The van der Waals surface area contributed by atoms with Crippen LogP contribution in [0.5, 0.6) is 5.88 Å². The van der Waals surface area contributed by atoms with Crippen LogP contribution in [0.25, 0.3) is 5.82 Å². The van der Waals surface area contributed by atoms with Crippen LogP contribution in [-0.2, 0) is 17.1 Å². The number of rotatable bonds is 8. The molecule has 1 aliphatic rings. The molecule has 0 radical (unpaired) electrons. The van der Waals surface area contributed by atoms with Crippen molar-refractivity contribution in [1.82, 2.24) is 29.3 Å². The molecule has 4 rings (SSSR count). The van der Waals surface area contributed by atoms with Crippen molar-refractivity contribution in [3.05, 3.63) is 41.9 Å². The van der Waals surface area contributed by atoms with E-state index in [0.717, 1.165) is 6.42 Å². The SMILES string of the molecule is Cc1nn(C)cc1S(=O)(=O)NC(=O)c1ccc(-n2ccc(OCC(C)C)n2)nc1N1CC(C)CC1(C)C. The van der Waals surface area contributed by atoms with Crippen LogP contribution in [0.2, 0.25) is 0 Å². The Labute approximate surface area is 217 Å². The number of carbonyl (C=O) groups is 1. The number of nitrogens with one attached hydrogen (secondary N) is 1. The fourth-order valence-corrected chi connectivity index (χ4v) is 5.93. The van der Waals surface area contributed by atoms with E-state index < -0.39 is 15.9 Å². The van der Waals surface area contributed by atoms with E-state index in [9.17, 15) is 13.2 Å². The summed E-state index contributed by atoms with van der Waals surface area (Å²) in [5.74, 6) is 1.36. The Morgan fingerprint density at radius 3 is 2.57 bits per heavy atom. The summed E-state index contributed by atoms with van der Waals surface area (Å²) < 4.78 is 36.9. The van der Waals surface area contributed by atoms with E-state index in [1.165, 1.54) is 10.9 Å². The van der Waals surface area contributed by atoms with Gasteiger partial charge in [0.15, 0.2) is 5.82 Å². The van der Waals surface area contributed by atoms with Crippen molar-refractivity contribution in [1.29, 1.82) is 0 Å². The Morgan fingerprint density at radius 1 is 1.24 bits per heavy atom. The Bertz CT molecular complexity index is 1410. The molecule has 0 bridgehead atoms. The number of sulfonamides is 1. The Morgan fingerprint density at radius 2 is 1.97 bits per heavy atom. The predicted octanol–water partition coefficient (Wildman–Crippen LogP) is 3.09. The van der Waals surface area contributed by atoms with Crippen LogP contribution < -0.4 is 14.4 Å². The molecule has 3 aromatic heterocycles. The van der Waals surface area contributed by atoms with Crippen molar-refractivity contribution in [3.63, 3.8) is 0 Å². The highest BCUT2D eigenvalue weighted by Crippen LogP contribution is 2.37. The molecular formula is C25H35N7O4S. The monoisotopic (exact) mass is 529 g/mol. The van der Waals surface area contributed by atoms with Gasteiger partial charge < -0.3 is 9.64 Å². The number of carbonyl (C=O) groups excluding carboxylic acids is 1. The lowest BCUT2D eigenvalue weighted by Gasteiger charge is -2.34. The van der Waals surface area contributed by atoms with E-state index in [2.05, 4.69) is 54.4 Å². The topological polar surface area (TPSA) is 124 Å². The summed E-state index contributed by atoms with van der Waals surface area (Å²) >= 11 is 0. The molecule has 0 saturated carbocycles. The first-order chi connectivity index (χ1) is 17.3. The molecule has 1 unspecified atom stereocenters. The highest BCUT2D eigenvalue weighted by atomic mass is 32.2. The summed E-state index contributed by atoms with van der Waals surface area (Å²) in [6.07, 6.45) is 4.02. The smallest absolute Gasteiger partial charge is 0.268 e. The van der Waals surface area contributed by atoms with Gasteiger partial charge in [-0.2, -0.15) is 5.10 Å². The lowest BCUT2D eigenvalue weighted by molar-refractivity contribution is 0.0981. The molecule has 0 aromatic carbocycles. The second kappa shape index (κ2) is 9.81. The molecule has 12 heteroatoms. The average Bonchev–Trinajstić information content (AvgIpc) is 3.48. The first kappa shape index (κ1) is 26.6. The van der Waals surface area contributed by atoms with Gasteiger partial charge in [0.25, 0.3) is 15.9 Å². The van der Waals surface area contributed by atoms with Crippen molar-refractivity contribution in [2.24, 2.45) is 18.9 Å². The summed E-state index contributed by atoms with van der Waals surface area (Å²) in [6, 6.07) is 5.00. The molecule has 200 valence electrons. The molecule has 0 aliphatic carbocycles.